The third kappa shape index (κ3) is 7.07. The Hall–Kier alpha value is -3.29. The van der Waals surface area contributed by atoms with Gasteiger partial charge in [0.2, 0.25) is 0 Å². The van der Waals surface area contributed by atoms with Crippen LogP contribution in [0.3, 0.4) is 0 Å². The second kappa shape index (κ2) is 11.7. The molecule has 1 unspecified atom stereocenters. The van der Waals surface area contributed by atoms with Crippen LogP contribution >= 0.6 is 0 Å². The fourth-order valence-electron chi connectivity index (χ4n) is 5.47. The van der Waals surface area contributed by atoms with Gasteiger partial charge in [0.25, 0.3) is 0 Å². The molecule has 40 heavy (non-hydrogen) atoms. The summed E-state index contributed by atoms with van der Waals surface area (Å²) in [7, 11) is 0. The van der Waals surface area contributed by atoms with E-state index in [1.165, 1.54) is 24.3 Å². The van der Waals surface area contributed by atoms with E-state index in [-0.39, 0.29) is 23.5 Å². The maximum absolute atomic E-state index is 13.1. The molecule has 1 heterocycles. The minimum absolute atomic E-state index is 0.0429. The van der Waals surface area contributed by atoms with Crippen LogP contribution in [0.25, 0.3) is 11.1 Å². The maximum Gasteiger partial charge on any atom is 0.416 e. The lowest BCUT2D eigenvalue weighted by Crippen LogP contribution is -2.33. The molecular weight excluding hydrogens is 528 g/mol. The molecule has 0 radical (unpaired) electrons. The zero-order valence-electron chi connectivity index (χ0n) is 22.7. The van der Waals surface area contributed by atoms with E-state index >= 15 is 0 Å². The lowest BCUT2D eigenvalue weighted by Gasteiger charge is -2.34. The predicted molar refractivity (Wildman–Crippen MR) is 145 cm³/mol. The molecule has 0 bridgehead atoms. The summed E-state index contributed by atoms with van der Waals surface area (Å²) < 4.78 is 78.3. The highest BCUT2D eigenvalue weighted by molar-refractivity contribution is 5.84. The average Bonchev–Trinajstić information content (AvgIpc) is 2.90. The van der Waals surface area contributed by atoms with Crippen LogP contribution in [0, 0.1) is 5.92 Å². The van der Waals surface area contributed by atoms with Gasteiger partial charge in [0.15, 0.2) is 0 Å². The number of piperidine rings is 1. The van der Waals surface area contributed by atoms with Gasteiger partial charge in [0, 0.05) is 24.7 Å². The Labute approximate surface area is 231 Å². The SMILES string of the molecule is CC(=O)C(CC(C)C)c1cc(-c2ccc(C(F)(F)F)cc2)cc(C2CCN(c3ccc(C(F)(F)F)cc3)CC2)c1. The Morgan fingerprint density at radius 3 is 1.80 bits per heavy atom. The predicted octanol–water partition coefficient (Wildman–Crippen LogP) is 9.49. The van der Waals surface area contributed by atoms with E-state index in [1.807, 2.05) is 26.0 Å². The summed E-state index contributed by atoms with van der Waals surface area (Å²) in [4.78, 5) is 14.7. The standard InChI is InChI=1S/C32H33F6NO/c1-20(2)16-30(21(3)40)26-18-24(22-4-6-27(7-5-22)31(33,34)35)17-25(19-26)23-12-14-39(15-13-23)29-10-8-28(9-11-29)32(36,37)38/h4-11,17-20,23,30H,12-16H2,1-3H3. The van der Waals surface area contributed by atoms with Crippen molar-refractivity contribution in [1.82, 2.24) is 0 Å². The van der Waals surface area contributed by atoms with Crippen molar-refractivity contribution in [3.63, 3.8) is 0 Å². The van der Waals surface area contributed by atoms with E-state index in [4.69, 9.17) is 0 Å². The van der Waals surface area contributed by atoms with Crippen molar-refractivity contribution in [3.8, 4) is 11.1 Å². The first kappa shape index (κ1) is 29.7. The second-order valence-corrected chi connectivity index (χ2v) is 11.1. The van der Waals surface area contributed by atoms with Gasteiger partial charge in [-0.15, -0.1) is 0 Å². The van der Waals surface area contributed by atoms with Gasteiger partial charge in [-0.05, 0) is 96.7 Å². The summed E-state index contributed by atoms with van der Waals surface area (Å²) in [5.41, 5.74) is 2.63. The number of anilines is 1. The lowest BCUT2D eigenvalue weighted by molar-refractivity contribution is -0.138. The molecule has 4 rings (SSSR count). The van der Waals surface area contributed by atoms with Crippen LogP contribution in [-0.2, 0) is 17.1 Å². The highest BCUT2D eigenvalue weighted by atomic mass is 19.4. The number of rotatable bonds is 7. The average molecular weight is 562 g/mol. The molecule has 1 aliphatic rings. The number of benzene rings is 3. The topological polar surface area (TPSA) is 20.3 Å². The van der Waals surface area contributed by atoms with E-state index < -0.39 is 23.5 Å². The summed E-state index contributed by atoms with van der Waals surface area (Å²) >= 11 is 0. The van der Waals surface area contributed by atoms with Crippen LogP contribution in [0.5, 0.6) is 0 Å². The molecule has 0 saturated carbocycles. The summed E-state index contributed by atoms with van der Waals surface area (Å²) in [6.45, 7) is 6.97. The Morgan fingerprint density at radius 1 is 0.800 bits per heavy atom. The molecule has 1 saturated heterocycles. The number of hydrogen-bond acceptors (Lipinski definition) is 2. The Bertz CT molecular complexity index is 1300. The summed E-state index contributed by atoms with van der Waals surface area (Å²) in [5, 5.41) is 0. The van der Waals surface area contributed by atoms with Crippen molar-refractivity contribution < 1.29 is 31.1 Å². The van der Waals surface area contributed by atoms with E-state index in [1.54, 1.807) is 6.92 Å². The Kier molecular flexibility index (Phi) is 8.66. The molecule has 3 aromatic rings. The van der Waals surface area contributed by atoms with Crippen molar-refractivity contribution >= 4 is 11.5 Å². The minimum Gasteiger partial charge on any atom is -0.371 e. The molecule has 1 atom stereocenters. The van der Waals surface area contributed by atoms with E-state index in [2.05, 4.69) is 11.0 Å². The van der Waals surface area contributed by atoms with Crippen LogP contribution in [0.15, 0.2) is 66.7 Å². The molecule has 0 N–H and O–H groups in total. The number of ketones is 1. The highest BCUT2D eigenvalue weighted by Crippen LogP contribution is 2.38. The van der Waals surface area contributed by atoms with Crippen LogP contribution in [0.4, 0.5) is 32.0 Å². The zero-order chi connectivity index (χ0) is 29.2. The largest absolute Gasteiger partial charge is 0.416 e. The summed E-state index contributed by atoms with van der Waals surface area (Å²) in [6.07, 6.45) is -6.63. The first-order valence-corrected chi connectivity index (χ1v) is 13.5. The molecule has 8 heteroatoms. The normalized spacial score (nSPS) is 15.9. The molecule has 0 aliphatic carbocycles. The van der Waals surface area contributed by atoms with Crippen molar-refractivity contribution in [2.75, 3.05) is 18.0 Å². The van der Waals surface area contributed by atoms with Gasteiger partial charge in [0.1, 0.15) is 5.78 Å². The van der Waals surface area contributed by atoms with Crippen LogP contribution in [0.1, 0.15) is 74.1 Å². The smallest absolute Gasteiger partial charge is 0.371 e. The van der Waals surface area contributed by atoms with Gasteiger partial charge in [-0.2, -0.15) is 26.3 Å². The number of halogens is 6. The first-order valence-electron chi connectivity index (χ1n) is 13.5. The molecule has 214 valence electrons. The number of Topliss-reactive ketones (excluding diaryl/α,β-unsaturated/α-hetero) is 1. The number of nitrogens with zero attached hydrogens (tertiary/aromatic N) is 1. The van der Waals surface area contributed by atoms with Gasteiger partial charge >= 0.3 is 12.4 Å². The molecule has 0 amide bonds. The molecule has 3 aromatic carbocycles. The molecule has 1 fully saturated rings. The quantitative estimate of drug-likeness (QED) is 0.268. The third-order valence-electron chi connectivity index (χ3n) is 7.65. The van der Waals surface area contributed by atoms with Gasteiger partial charge < -0.3 is 4.90 Å². The van der Waals surface area contributed by atoms with Gasteiger partial charge in [0.05, 0.1) is 11.1 Å². The van der Waals surface area contributed by atoms with E-state index in [0.717, 1.165) is 59.5 Å². The summed E-state index contributed by atoms with van der Waals surface area (Å²) in [5.74, 6) is 0.145. The van der Waals surface area contributed by atoms with Crippen LogP contribution in [-0.4, -0.2) is 18.9 Å². The first-order chi connectivity index (χ1) is 18.7. The number of carbonyl (C=O) groups excluding carboxylic acids is 1. The second-order valence-electron chi connectivity index (χ2n) is 11.1. The fraction of sp³-hybridized carbons (Fsp3) is 0.406. The molecule has 0 spiro atoms. The monoisotopic (exact) mass is 561 g/mol. The Balaban J connectivity index is 1.62. The van der Waals surface area contributed by atoms with Crippen molar-refractivity contribution in [2.24, 2.45) is 5.92 Å². The fourth-order valence-corrected chi connectivity index (χ4v) is 5.47. The van der Waals surface area contributed by atoms with Crippen molar-refractivity contribution in [3.05, 3.63) is 89.0 Å². The lowest BCUT2D eigenvalue weighted by atomic mass is 9.81. The van der Waals surface area contributed by atoms with E-state index in [9.17, 15) is 31.1 Å². The minimum atomic E-state index is -4.43. The number of hydrogen-bond donors (Lipinski definition) is 0. The van der Waals surface area contributed by atoms with Gasteiger partial charge in [-0.25, -0.2) is 0 Å². The highest BCUT2D eigenvalue weighted by Gasteiger charge is 2.31. The van der Waals surface area contributed by atoms with Crippen LogP contribution < -0.4 is 4.90 Å². The molecular formula is C32H33F6NO. The summed E-state index contributed by atoms with van der Waals surface area (Å²) in [6, 6.07) is 16.2. The maximum atomic E-state index is 13.1. The third-order valence-corrected chi connectivity index (χ3v) is 7.65. The van der Waals surface area contributed by atoms with Gasteiger partial charge in [-0.1, -0.05) is 44.2 Å². The number of alkyl halides is 6. The number of carbonyl (C=O) groups is 1. The zero-order valence-corrected chi connectivity index (χ0v) is 22.7. The Morgan fingerprint density at radius 2 is 1.32 bits per heavy atom. The molecule has 1 aliphatic heterocycles. The van der Waals surface area contributed by atoms with Crippen molar-refractivity contribution in [2.45, 2.75) is 64.2 Å². The van der Waals surface area contributed by atoms with Gasteiger partial charge in [-0.3, -0.25) is 4.79 Å². The molecule has 2 nitrogen and oxygen atoms in total. The van der Waals surface area contributed by atoms with Crippen molar-refractivity contribution in [1.29, 1.82) is 0 Å². The molecule has 0 aromatic heterocycles. The van der Waals surface area contributed by atoms with E-state index in [0.29, 0.717) is 25.1 Å². The van der Waals surface area contributed by atoms with Crippen LogP contribution in [0.2, 0.25) is 0 Å².